The molecule has 4 aromatic rings. The summed E-state index contributed by atoms with van der Waals surface area (Å²) in [5.74, 6) is 0.258. The van der Waals surface area contributed by atoms with Gasteiger partial charge in [-0.3, -0.25) is 4.68 Å². The van der Waals surface area contributed by atoms with Crippen molar-refractivity contribution in [1.29, 1.82) is 0 Å². The number of thiophene rings is 1. The molecule has 172 valence electrons. The molecule has 5 rings (SSSR count). The summed E-state index contributed by atoms with van der Waals surface area (Å²) in [4.78, 5) is 13.4. The van der Waals surface area contributed by atoms with E-state index in [1.165, 1.54) is 22.1 Å². The summed E-state index contributed by atoms with van der Waals surface area (Å²) in [5.41, 5.74) is 4.22. The first-order valence-electron chi connectivity index (χ1n) is 10.8. The quantitative estimate of drug-likeness (QED) is 0.387. The number of aromatic nitrogens is 4. The standard InChI is InChI=1S/C23H24ClFN6OS/c1-30(9-10-32-2)7-8-31-12-16-19(29-31)6-4-15-20-22(26-13-27-23(20)33-21(15)16)28-14-3-5-18(25)17(24)11-14/h3,5,11-13H,4,6-10H2,1-2H3,(H,26,27,28). The normalized spacial score (nSPS) is 12.9. The lowest BCUT2D eigenvalue weighted by Crippen LogP contribution is -2.26. The smallest absolute Gasteiger partial charge is 0.142 e. The molecule has 1 aliphatic rings. The highest BCUT2D eigenvalue weighted by Gasteiger charge is 2.26. The van der Waals surface area contributed by atoms with Gasteiger partial charge in [-0.1, -0.05) is 11.6 Å². The Kier molecular flexibility index (Phi) is 6.29. The van der Waals surface area contributed by atoms with E-state index < -0.39 is 5.82 Å². The van der Waals surface area contributed by atoms with Crippen molar-refractivity contribution in [2.45, 2.75) is 19.4 Å². The van der Waals surface area contributed by atoms with Crippen LogP contribution in [0, 0.1) is 5.82 Å². The van der Waals surface area contributed by atoms with Gasteiger partial charge >= 0.3 is 0 Å². The average Bonchev–Trinajstić information content (AvgIpc) is 3.40. The SMILES string of the molecule is COCCN(C)CCn1cc2c(n1)CCc1c-2sc2ncnc(Nc3ccc(F)c(Cl)c3)c12. The molecule has 0 saturated heterocycles. The number of likely N-dealkylation sites (N-methyl/N-ethyl adjacent to an activating group) is 1. The summed E-state index contributed by atoms with van der Waals surface area (Å²) in [5, 5.41) is 9.22. The van der Waals surface area contributed by atoms with Gasteiger partial charge in [0.2, 0.25) is 0 Å². The van der Waals surface area contributed by atoms with Crippen molar-refractivity contribution in [3.63, 3.8) is 0 Å². The summed E-state index contributed by atoms with van der Waals surface area (Å²) >= 11 is 7.62. The molecule has 1 aromatic carbocycles. The maximum Gasteiger partial charge on any atom is 0.142 e. The van der Waals surface area contributed by atoms with Crippen LogP contribution in [0.3, 0.4) is 0 Å². The minimum atomic E-state index is -0.447. The topological polar surface area (TPSA) is 68.1 Å². The highest BCUT2D eigenvalue weighted by atomic mass is 35.5. The number of aryl methyl sites for hydroxylation is 2. The minimum absolute atomic E-state index is 0.0718. The number of methoxy groups -OCH3 is 1. The number of nitrogens with one attached hydrogen (secondary N) is 1. The molecule has 0 amide bonds. The van der Waals surface area contributed by atoms with Crippen LogP contribution in [0.4, 0.5) is 15.9 Å². The van der Waals surface area contributed by atoms with Crippen molar-refractivity contribution in [2.24, 2.45) is 0 Å². The van der Waals surface area contributed by atoms with Crippen molar-refractivity contribution < 1.29 is 9.13 Å². The maximum atomic E-state index is 13.6. The first-order chi connectivity index (χ1) is 16.0. The maximum absolute atomic E-state index is 13.6. The molecule has 1 aliphatic carbocycles. The molecule has 0 bridgehead atoms. The molecular formula is C23H24ClFN6OS. The van der Waals surface area contributed by atoms with Crippen molar-refractivity contribution in [3.8, 4) is 10.4 Å². The number of hydrogen-bond acceptors (Lipinski definition) is 7. The minimum Gasteiger partial charge on any atom is -0.383 e. The third-order valence-corrected chi connectivity index (χ3v) is 7.31. The molecule has 0 unspecified atom stereocenters. The lowest BCUT2D eigenvalue weighted by atomic mass is 9.95. The number of nitrogens with zero attached hydrogens (tertiary/aromatic N) is 5. The van der Waals surface area contributed by atoms with E-state index in [9.17, 15) is 4.39 Å². The van der Waals surface area contributed by atoms with Crippen LogP contribution in [0.15, 0.2) is 30.7 Å². The van der Waals surface area contributed by atoms with Crippen LogP contribution in [-0.4, -0.2) is 58.5 Å². The second-order valence-electron chi connectivity index (χ2n) is 8.11. The van der Waals surface area contributed by atoms with E-state index in [1.807, 2.05) is 4.68 Å². The first-order valence-corrected chi connectivity index (χ1v) is 12.0. The second-order valence-corrected chi connectivity index (χ2v) is 9.52. The lowest BCUT2D eigenvalue weighted by Gasteiger charge is -2.15. The van der Waals surface area contributed by atoms with Crippen molar-refractivity contribution in [2.75, 3.05) is 39.2 Å². The second kappa shape index (κ2) is 9.34. The van der Waals surface area contributed by atoms with Gasteiger partial charge < -0.3 is 15.0 Å². The van der Waals surface area contributed by atoms with Gasteiger partial charge in [-0.2, -0.15) is 5.10 Å². The molecular weight excluding hydrogens is 463 g/mol. The lowest BCUT2D eigenvalue weighted by molar-refractivity contribution is 0.158. The number of ether oxygens (including phenoxy) is 1. The van der Waals surface area contributed by atoms with Crippen molar-refractivity contribution >= 4 is 44.7 Å². The number of hydrogen-bond donors (Lipinski definition) is 1. The van der Waals surface area contributed by atoms with E-state index in [1.54, 1.807) is 36.9 Å². The van der Waals surface area contributed by atoms with Gasteiger partial charge in [0.1, 0.15) is 22.8 Å². The van der Waals surface area contributed by atoms with Gasteiger partial charge in [-0.25, -0.2) is 14.4 Å². The Balaban J connectivity index is 1.44. The Labute approximate surface area is 200 Å². The Morgan fingerprint density at radius 3 is 2.97 bits per heavy atom. The molecule has 7 nitrogen and oxygen atoms in total. The molecule has 33 heavy (non-hydrogen) atoms. The predicted molar refractivity (Wildman–Crippen MR) is 130 cm³/mol. The zero-order valence-corrected chi connectivity index (χ0v) is 20.0. The van der Waals surface area contributed by atoms with E-state index in [0.29, 0.717) is 11.5 Å². The van der Waals surface area contributed by atoms with Gasteiger partial charge in [-0.05, 0) is 43.7 Å². The summed E-state index contributed by atoms with van der Waals surface area (Å²) < 4.78 is 20.8. The first kappa shape index (κ1) is 22.2. The highest BCUT2D eigenvalue weighted by molar-refractivity contribution is 7.22. The molecule has 0 spiro atoms. The Bertz CT molecular complexity index is 1310. The summed E-state index contributed by atoms with van der Waals surface area (Å²) in [7, 11) is 3.81. The largest absolute Gasteiger partial charge is 0.383 e. The van der Waals surface area contributed by atoms with Gasteiger partial charge in [0.15, 0.2) is 0 Å². The van der Waals surface area contributed by atoms with E-state index in [0.717, 1.165) is 55.0 Å². The zero-order chi connectivity index (χ0) is 22.9. The molecule has 0 saturated carbocycles. The highest BCUT2D eigenvalue weighted by Crippen LogP contribution is 2.45. The van der Waals surface area contributed by atoms with Crippen molar-refractivity contribution in [3.05, 3.63) is 52.8 Å². The molecule has 0 aliphatic heterocycles. The van der Waals surface area contributed by atoms with E-state index >= 15 is 0 Å². The Hall–Kier alpha value is -2.59. The van der Waals surface area contributed by atoms with Crippen LogP contribution >= 0.6 is 22.9 Å². The molecule has 3 aromatic heterocycles. The van der Waals surface area contributed by atoms with Crippen LogP contribution < -0.4 is 5.32 Å². The van der Waals surface area contributed by atoms with Crippen LogP contribution in [0.2, 0.25) is 5.02 Å². The Morgan fingerprint density at radius 2 is 2.15 bits per heavy atom. The van der Waals surface area contributed by atoms with Crippen LogP contribution in [0.1, 0.15) is 11.3 Å². The molecule has 1 N–H and O–H groups in total. The predicted octanol–water partition coefficient (Wildman–Crippen LogP) is 4.77. The number of benzene rings is 1. The Morgan fingerprint density at radius 1 is 1.27 bits per heavy atom. The molecule has 3 heterocycles. The summed E-state index contributed by atoms with van der Waals surface area (Å²) in [6.07, 6.45) is 5.45. The van der Waals surface area contributed by atoms with E-state index in [-0.39, 0.29) is 5.02 Å². The zero-order valence-electron chi connectivity index (χ0n) is 18.4. The molecule has 0 atom stereocenters. The number of fused-ring (bicyclic) bond motifs is 5. The fourth-order valence-corrected chi connectivity index (χ4v) is 5.48. The number of rotatable bonds is 8. The monoisotopic (exact) mass is 486 g/mol. The van der Waals surface area contributed by atoms with Gasteiger partial charge in [-0.15, -0.1) is 11.3 Å². The van der Waals surface area contributed by atoms with Gasteiger partial charge in [0, 0.05) is 42.5 Å². The summed E-state index contributed by atoms with van der Waals surface area (Å²) in [6, 6.07) is 4.56. The molecule has 10 heteroatoms. The number of halogens is 2. The third-order valence-electron chi connectivity index (χ3n) is 5.85. The average molecular weight is 487 g/mol. The fraction of sp³-hybridized carbons (Fsp3) is 0.348. The molecule has 0 fully saturated rings. The molecule has 0 radical (unpaired) electrons. The summed E-state index contributed by atoms with van der Waals surface area (Å²) in [6.45, 7) is 3.35. The van der Waals surface area contributed by atoms with Crippen LogP contribution in [0.25, 0.3) is 20.7 Å². The van der Waals surface area contributed by atoms with Gasteiger partial charge in [0.25, 0.3) is 0 Å². The third kappa shape index (κ3) is 4.46. The van der Waals surface area contributed by atoms with Crippen molar-refractivity contribution in [1.82, 2.24) is 24.6 Å². The van der Waals surface area contributed by atoms with Crippen LogP contribution in [-0.2, 0) is 24.1 Å². The fourth-order valence-electron chi connectivity index (χ4n) is 4.08. The van der Waals surface area contributed by atoms with E-state index in [2.05, 4.69) is 33.4 Å². The van der Waals surface area contributed by atoms with E-state index in [4.69, 9.17) is 21.4 Å². The number of anilines is 2. The van der Waals surface area contributed by atoms with Gasteiger partial charge in [0.05, 0.1) is 29.3 Å². The van der Waals surface area contributed by atoms with Crippen LogP contribution in [0.5, 0.6) is 0 Å².